The lowest BCUT2D eigenvalue weighted by molar-refractivity contribution is -0.137. The van der Waals surface area contributed by atoms with Crippen molar-refractivity contribution >= 4 is 29.0 Å². The minimum absolute atomic E-state index is 0.0647. The molecule has 1 aliphatic heterocycles. The second-order valence-electron chi connectivity index (χ2n) is 8.18. The zero-order valence-electron chi connectivity index (χ0n) is 19.3. The quantitative estimate of drug-likeness (QED) is 0.384. The molecule has 0 radical (unpaired) electrons. The van der Waals surface area contributed by atoms with E-state index in [2.05, 4.69) is 10.5 Å². The first-order valence-corrected chi connectivity index (χ1v) is 11.4. The summed E-state index contributed by atoms with van der Waals surface area (Å²) in [5, 5.41) is 7.57. The van der Waals surface area contributed by atoms with Gasteiger partial charge in [-0.1, -0.05) is 53.2 Å². The van der Waals surface area contributed by atoms with Crippen LogP contribution in [0.2, 0.25) is 5.02 Å². The number of rotatable bonds is 7. The summed E-state index contributed by atoms with van der Waals surface area (Å²) in [7, 11) is 1.49. The van der Waals surface area contributed by atoms with E-state index in [9.17, 15) is 18.0 Å². The van der Waals surface area contributed by atoms with E-state index in [4.69, 9.17) is 21.2 Å². The van der Waals surface area contributed by atoms with E-state index in [0.29, 0.717) is 28.4 Å². The van der Waals surface area contributed by atoms with E-state index >= 15 is 0 Å². The van der Waals surface area contributed by atoms with E-state index in [1.165, 1.54) is 24.1 Å². The lowest BCUT2D eigenvalue weighted by atomic mass is 10.0. The van der Waals surface area contributed by atoms with Crippen LogP contribution in [0, 0.1) is 0 Å². The number of benzene rings is 3. The van der Waals surface area contributed by atoms with Crippen LogP contribution in [0.4, 0.5) is 23.7 Å². The molecule has 1 heterocycles. The molecule has 0 spiro atoms. The molecule has 1 aliphatic rings. The number of halogens is 4. The molecule has 0 aliphatic carbocycles. The predicted molar refractivity (Wildman–Crippen MR) is 131 cm³/mol. The Balaban J connectivity index is 1.50. The van der Waals surface area contributed by atoms with Crippen molar-refractivity contribution in [2.24, 2.45) is 5.16 Å². The Morgan fingerprint density at radius 2 is 1.81 bits per heavy atom. The van der Waals surface area contributed by atoms with E-state index in [-0.39, 0.29) is 13.1 Å². The lowest BCUT2D eigenvalue weighted by Gasteiger charge is -2.26. The molecule has 0 saturated carbocycles. The van der Waals surface area contributed by atoms with Gasteiger partial charge in [0.05, 0.1) is 30.6 Å². The number of carbonyl (C=O) groups excluding carboxylic acids is 1. The van der Waals surface area contributed by atoms with E-state index in [1.807, 2.05) is 12.1 Å². The Morgan fingerprint density at radius 1 is 1.11 bits per heavy atom. The Kier molecular flexibility index (Phi) is 7.69. The number of para-hydroxylation sites is 2. The van der Waals surface area contributed by atoms with Gasteiger partial charge in [0.2, 0.25) is 0 Å². The highest BCUT2D eigenvalue weighted by Gasteiger charge is 2.31. The fourth-order valence-electron chi connectivity index (χ4n) is 3.77. The van der Waals surface area contributed by atoms with Crippen LogP contribution >= 0.6 is 11.6 Å². The van der Waals surface area contributed by atoms with Crippen molar-refractivity contribution in [3.05, 3.63) is 94.5 Å². The number of carbonyl (C=O) groups is 1. The van der Waals surface area contributed by atoms with Gasteiger partial charge in [-0.25, -0.2) is 4.79 Å². The number of amides is 2. The lowest BCUT2D eigenvalue weighted by Crippen LogP contribution is -2.40. The van der Waals surface area contributed by atoms with Gasteiger partial charge in [0, 0.05) is 18.0 Å². The Labute approximate surface area is 211 Å². The topological polar surface area (TPSA) is 63.2 Å². The van der Waals surface area contributed by atoms with Gasteiger partial charge in [-0.3, -0.25) is 0 Å². The molecule has 3 aromatic rings. The van der Waals surface area contributed by atoms with Gasteiger partial charge in [-0.05, 0) is 47.5 Å². The highest BCUT2D eigenvalue weighted by atomic mass is 35.5. The molecule has 1 atom stereocenters. The summed E-state index contributed by atoms with van der Waals surface area (Å²) in [4.78, 5) is 20.3. The van der Waals surface area contributed by atoms with Crippen molar-refractivity contribution in [2.75, 3.05) is 19.0 Å². The summed E-state index contributed by atoms with van der Waals surface area (Å²) < 4.78 is 44.2. The first-order chi connectivity index (χ1) is 17.2. The third-order valence-corrected chi connectivity index (χ3v) is 5.88. The maximum absolute atomic E-state index is 13.3. The SMILES string of the molecule is COc1ccccc1NC(=O)N(Cc1ccc(C(F)(F)F)cc1)CC1CC(c2ccc(Cl)cc2)=NO1. The van der Waals surface area contributed by atoms with Crippen LogP contribution in [0.15, 0.2) is 78.0 Å². The van der Waals surface area contributed by atoms with Gasteiger partial charge < -0.3 is 19.8 Å². The minimum Gasteiger partial charge on any atom is -0.495 e. The van der Waals surface area contributed by atoms with Gasteiger partial charge in [-0.2, -0.15) is 13.2 Å². The second-order valence-corrected chi connectivity index (χ2v) is 8.62. The molecule has 0 bridgehead atoms. The van der Waals surface area contributed by atoms with Crippen LogP contribution in [0.3, 0.4) is 0 Å². The normalized spacial score (nSPS) is 15.1. The smallest absolute Gasteiger partial charge is 0.416 e. The number of anilines is 1. The van der Waals surface area contributed by atoms with Gasteiger partial charge in [0.1, 0.15) is 5.75 Å². The molecule has 0 aromatic heterocycles. The summed E-state index contributed by atoms with van der Waals surface area (Å²) in [6.07, 6.45) is -4.42. The zero-order valence-corrected chi connectivity index (χ0v) is 20.0. The second kappa shape index (κ2) is 10.9. The van der Waals surface area contributed by atoms with E-state index in [1.54, 1.807) is 36.4 Å². The summed E-state index contributed by atoms with van der Waals surface area (Å²) in [6, 6.07) is 18.4. The Bertz CT molecular complexity index is 1230. The van der Waals surface area contributed by atoms with Gasteiger partial charge >= 0.3 is 12.2 Å². The number of urea groups is 1. The molecule has 3 aromatic carbocycles. The van der Waals surface area contributed by atoms with Crippen molar-refractivity contribution in [1.82, 2.24) is 4.90 Å². The summed E-state index contributed by atoms with van der Waals surface area (Å²) >= 11 is 5.96. The summed E-state index contributed by atoms with van der Waals surface area (Å²) in [5.41, 5.74) is 1.82. The number of alkyl halides is 3. The Hall–Kier alpha value is -3.72. The third kappa shape index (κ3) is 6.28. The van der Waals surface area contributed by atoms with Gasteiger partial charge in [0.25, 0.3) is 0 Å². The monoisotopic (exact) mass is 517 g/mol. The number of hydrogen-bond acceptors (Lipinski definition) is 4. The largest absolute Gasteiger partial charge is 0.495 e. The first-order valence-electron chi connectivity index (χ1n) is 11.1. The van der Waals surface area contributed by atoms with Crippen LogP contribution in [0.1, 0.15) is 23.1 Å². The number of hydrogen-bond donors (Lipinski definition) is 1. The van der Waals surface area contributed by atoms with Crippen molar-refractivity contribution < 1.29 is 27.5 Å². The molecule has 188 valence electrons. The molecule has 10 heteroatoms. The number of methoxy groups -OCH3 is 1. The predicted octanol–water partition coefficient (Wildman–Crippen LogP) is 6.59. The number of oxime groups is 1. The number of nitrogens with one attached hydrogen (secondary N) is 1. The van der Waals surface area contributed by atoms with E-state index in [0.717, 1.165) is 23.4 Å². The molecular weight excluding hydrogens is 495 g/mol. The number of nitrogens with zero attached hydrogens (tertiary/aromatic N) is 2. The van der Waals surface area contributed by atoms with E-state index < -0.39 is 23.9 Å². The standard InChI is InChI=1S/C26H23ClF3N3O3/c1-35-24-5-3-2-4-22(24)31-25(34)33(15-17-6-10-19(11-7-17)26(28,29)30)16-21-14-23(32-36-21)18-8-12-20(27)13-9-18/h2-13,21H,14-16H2,1H3,(H,31,34). The molecule has 1 N–H and O–H groups in total. The Morgan fingerprint density at radius 3 is 2.47 bits per heavy atom. The maximum atomic E-state index is 13.3. The summed E-state index contributed by atoms with van der Waals surface area (Å²) in [5.74, 6) is 0.478. The van der Waals surface area contributed by atoms with Crippen molar-refractivity contribution in [1.29, 1.82) is 0 Å². The van der Waals surface area contributed by atoms with Crippen LogP contribution in [0.25, 0.3) is 0 Å². The molecule has 0 fully saturated rings. The number of ether oxygens (including phenoxy) is 1. The molecule has 36 heavy (non-hydrogen) atoms. The fourth-order valence-corrected chi connectivity index (χ4v) is 3.89. The van der Waals surface area contributed by atoms with Crippen molar-refractivity contribution in [3.8, 4) is 5.75 Å². The summed E-state index contributed by atoms with van der Waals surface area (Å²) in [6.45, 7) is 0.220. The van der Waals surface area contributed by atoms with Gasteiger partial charge in [0.15, 0.2) is 6.10 Å². The zero-order chi connectivity index (χ0) is 25.7. The van der Waals surface area contributed by atoms with Gasteiger partial charge in [-0.15, -0.1) is 0 Å². The highest BCUT2D eigenvalue weighted by molar-refractivity contribution is 6.30. The van der Waals surface area contributed by atoms with Crippen molar-refractivity contribution in [3.63, 3.8) is 0 Å². The van der Waals surface area contributed by atoms with Crippen LogP contribution in [-0.4, -0.2) is 36.4 Å². The molecule has 0 saturated heterocycles. The van der Waals surface area contributed by atoms with Crippen LogP contribution in [0.5, 0.6) is 5.75 Å². The molecule has 2 amide bonds. The van der Waals surface area contributed by atoms with Crippen LogP contribution in [-0.2, 0) is 17.6 Å². The molecular formula is C26H23ClF3N3O3. The third-order valence-electron chi connectivity index (χ3n) is 5.62. The molecule has 1 unspecified atom stereocenters. The van der Waals surface area contributed by atoms with Crippen LogP contribution < -0.4 is 10.1 Å². The minimum atomic E-state index is -4.44. The average Bonchev–Trinajstić information content (AvgIpc) is 3.32. The maximum Gasteiger partial charge on any atom is 0.416 e. The fraction of sp³-hybridized carbons (Fsp3) is 0.231. The molecule has 4 rings (SSSR count). The average molecular weight is 518 g/mol. The first kappa shape index (κ1) is 25.4. The van der Waals surface area contributed by atoms with Crippen molar-refractivity contribution in [2.45, 2.75) is 25.2 Å². The molecule has 6 nitrogen and oxygen atoms in total. The highest BCUT2D eigenvalue weighted by Crippen LogP contribution is 2.30.